The number of amides is 3. The number of thiazole rings is 1. The number of likely N-dealkylation sites (tertiary alicyclic amines) is 1. The van der Waals surface area contributed by atoms with E-state index in [0.29, 0.717) is 41.7 Å². The van der Waals surface area contributed by atoms with Crippen molar-refractivity contribution < 1.29 is 29.3 Å². The lowest BCUT2D eigenvalue weighted by Gasteiger charge is -2.35. The highest BCUT2D eigenvalue weighted by Crippen LogP contribution is 2.40. The van der Waals surface area contributed by atoms with Crippen LogP contribution in [0.2, 0.25) is 5.02 Å². The van der Waals surface area contributed by atoms with Gasteiger partial charge >= 0.3 is 0 Å². The van der Waals surface area contributed by atoms with Gasteiger partial charge in [-0.15, -0.1) is 32.9 Å². The first-order valence-electron chi connectivity index (χ1n) is 23.5. The zero-order chi connectivity index (χ0) is 49.9. The van der Waals surface area contributed by atoms with E-state index in [9.17, 15) is 24.6 Å². The monoisotopic (exact) mass is 1010 g/mol. The topological polar surface area (TPSA) is 196 Å². The minimum Gasteiger partial charge on any atom is -0.494 e. The Bertz CT molecular complexity index is 2870. The number of aliphatic hydroxyl groups is 2. The molecule has 5 heterocycles. The number of halogens is 1. The van der Waals surface area contributed by atoms with Gasteiger partial charge in [0.1, 0.15) is 40.9 Å². The van der Waals surface area contributed by atoms with E-state index in [1.165, 1.54) is 9.78 Å². The van der Waals surface area contributed by atoms with E-state index < -0.39 is 41.8 Å². The van der Waals surface area contributed by atoms with Crippen molar-refractivity contribution in [1.29, 1.82) is 0 Å². The van der Waals surface area contributed by atoms with Gasteiger partial charge in [0.25, 0.3) is 0 Å². The number of ether oxygens (including phenoxy) is 1. The number of aryl methyl sites for hydroxylation is 3. The Labute approximate surface area is 421 Å². The summed E-state index contributed by atoms with van der Waals surface area (Å²) in [6.07, 6.45) is -0.856. The van der Waals surface area contributed by atoms with E-state index in [1.54, 1.807) is 28.7 Å². The van der Waals surface area contributed by atoms with Gasteiger partial charge in [0, 0.05) is 53.5 Å². The van der Waals surface area contributed by atoms with Gasteiger partial charge in [-0.1, -0.05) is 80.9 Å². The van der Waals surface area contributed by atoms with Crippen LogP contribution in [-0.2, 0) is 27.3 Å². The Balaban J connectivity index is 0.828. The van der Waals surface area contributed by atoms with Crippen LogP contribution in [0.1, 0.15) is 96.1 Å². The van der Waals surface area contributed by atoms with E-state index in [0.717, 1.165) is 54.9 Å². The molecule has 0 aliphatic carbocycles. The number of thiophene rings is 1. The number of aliphatic imine (C=N–C) groups is 1. The smallest absolute Gasteiger partial charge is 0.246 e. The molecule has 5 N–H and O–H groups in total. The molecule has 0 spiro atoms. The minimum atomic E-state index is -0.963. The van der Waals surface area contributed by atoms with Crippen LogP contribution in [0.4, 0.5) is 0 Å². The molecule has 2 aliphatic rings. The van der Waals surface area contributed by atoms with Gasteiger partial charge in [0.05, 0.1) is 40.9 Å². The Hall–Kier alpha value is -5.82. The maximum atomic E-state index is 14.2. The number of hydrogen-bond donors (Lipinski definition) is 5. The molecule has 6 aromatic rings. The molecule has 0 radical (unpaired) electrons. The second-order valence-electron chi connectivity index (χ2n) is 19.1. The van der Waals surface area contributed by atoms with Crippen LogP contribution in [-0.4, -0.2) is 102 Å². The molecule has 1 fully saturated rings. The van der Waals surface area contributed by atoms with Gasteiger partial charge < -0.3 is 30.5 Å². The Morgan fingerprint density at radius 2 is 1.71 bits per heavy atom. The van der Waals surface area contributed by atoms with Crippen molar-refractivity contribution in [2.24, 2.45) is 10.4 Å². The molecule has 70 heavy (non-hydrogen) atoms. The molecule has 3 aromatic heterocycles. The van der Waals surface area contributed by atoms with Gasteiger partial charge in [-0.05, 0) is 86.1 Å². The fourth-order valence-electron chi connectivity index (χ4n) is 8.90. The minimum absolute atomic E-state index is 0.0119. The summed E-state index contributed by atoms with van der Waals surface area (Å²) in [6, 6.07) is 20.4. The van der Waals surface area contributed by atoms with Crippen molar-refractivity contribution in [2.45, 2.75) is 111 Å². The second kappa shape index (κ2) is 21.7. The first-order valence-corrected chi connectivity index (χ1v) is 25.6. The number of hydrogen-bond acceptors (Lipinski definition) is 13. The molecule has 2 aliphatic heterocycles. The lowest BCUT2D eigenvalue weighted by Crippen LogP contribution is -2.58. The number of nitrogens with zero attached hydrogens (tertiary/aromatic N) is 6. The zero-order valence-electron chi connectivity index (χ0n) is 40.5. The van der Waals surface area contributed by atoms with Crippen LogP contribution in [0.25, 0.3) is 15.4 Å². The van der Waals surface area contributed by atoms with Crippen LogP contribution in [0.3, 0.4) is 0 Å². The first kappa shape index (κ1) is 50.6. The number of carbonyl (C=O) groups is 3. The van der Waals surface area contributed by atoms with E-state index in [-0.39, 0.29) is 44.2 Å². The normalized spacial score (nSPS) is 17.5. The number of β-amino-alcohol motifs (C(OH)–C–C–N with tert-alkyl or cyclic N) is 1. The fourth-order valence-corrected chi connectivity index (χ4v) is 11.1. The molecule has 3 aromatic carbocycles. The molecule has 8 rings (SSSR count). The third-order valence-corrected chi connectivity index (χ3v) is 15.2. The van der Waals surface area contributed by atoms with Crippen molar-refractivity contribution in [2.75, 3.05) is 19.7 Å². The second-order valence-corrected chi connectivity index (χ2v) is 21.6. The van der Waals surface area contributed by atoms with Gasteiger partial charge in [-0.2, -0.15) is 0 Å². The number of rotatable bonds is 17. The van der Waals surface area contributed by atoms with E-state index >= 15 is 0 Å². The molecule has 3 amide bonds. The zero-order valence-corrected chi connectivity index (χ0v) is 42.8. The van der Waals surface area contributed by atoms with Crippen LogP contribution < -0.4 is 20.7 Å². The van der Waals surface area contributed by atoms with Crippen molar-refractivity contribution in [3.05, 3.63) is 133 Å². The molecule has 0 bridgehead atoms. The summed E-state index contributed by atoms with van der Waals surface area (Å²) >= 11 is 9.52. The highest BCUT2D eigenvalue weighted by Gasteiger charge is 2.44. The molecule has 5 atom stereocenters. The molecule has 18 heteroatoms. The summed E-state index contributed by atoms with van der Waals surface area (Å²) in [6.45, 7) is 14.7. The number of benzene rings is 3. The third kappa shape index (κ3) is 11.5. The number of carbonyl (C=O) groups excluding carboxylic acids is 3. The largest absolute Gasteiger partial charge is 0.494 e. The molecule has 15 nitrogen and oxygen atoms in total. The van der Waals surface area contributed by atoms with Gasteiger partial charge in [0.15, 0.2) is 5.82 Å². The summed E-state index contributed by atoms with van der Waals surface area (Å²) in [5.41, 5.74) is 8.61. The van der Waals surface area contributed by atoms with Crippen molar-refractivity contribution in [3.63, 3.8) is 0 Å². The average molecular weight is 1010 g/mol. The van der Waals surface area contributed by atoms with Crippen LogP contribution in [0, 0.1) is 33.1 Å². The standard InChI is InChI=1S/C52H60ClN9O6S2/c1-29-31(3)70-51-44(29)45(35-16-18-37(53)19-17-35)57-40(48-60-59-32(4)62(48)51)25-42(64)54-20-9-21-68-39-11-8-10-34(22-39)23-43(65)58-47(52(5,6)7)50(67)61-27-38(63)24-41(61)49(66)55-26-33-12-14-36(15-13-33)46-30(2)56-28-69-46/h8,10-19,22,28,38,40-42,47,54,63-64H,9,20-21,23-27H2,1-7H3,(H,55,66)(H,58,65)/t38-,40+,41+,42?,47-/m1/s1. The van der Waals surface area contributed by atoms with E-state index in [4.69, 9.17) is 21.3 Å². The average Bonchev–Trinajstić information content (AvgIpc) is 4.09. The quantitative estimate of drug-likeness (QED) is 0.0455. The third-order valence-electron chi connectivity index (χ3n) is 12.7. The lowest BCUT2D eigenvalue weighted by molar-refractivity contribution is -0.144. The summed E-state index contributed by atoms with van der Waals surface area (Å²) in [5, 5.41) is 41.7. The van der Waals surface area contributed by atoms with Crippen LogP contribution in [0.15, 0.2) is 83.3 Å². The van der Waals surface area contributed by atoms with Gasteiger partial charge in [-0.25, -0.2) is 4.98 Å². The van der Waals surface area contributed by atoms with Crippen LogP contribution >= 0.6 is 34.3 Å². The Morgan fingerprint density at radius 1 is 0.971 bits per heavy atom. The molecule has 1 saturated heterocycles. The molecular formula is C52H60ClN9O6S2. The van der Waals surface area contributed by atoms with E-state index in [1.807, 2.05) is 107 Å². The number of aliphatic hydroxyl groups excluding tert-OH is 2. The predicted molar refractivity (Wildman–Crippen MR) is 274 cm³/mol. The molecule has 368 valence electrons. The Kier molecular flexibility index (Phi) is 15.7. The number of aromatic nitrogens is 4. The molecular weight excluding hydrogens is 946 g/mol. The van der Waals surface area contributed by atoms with Gasteiger partial charge in [-0.3, -0.25) is 29.3 Å². The van der Waals surface area contributed by atoms with Crippen molar-refractivity contribution >= 4 is 57.7 Å². The van der Waals surface area contributed by atoms with Crippen molar-refractivity contribution in [1.82, 2.24) is 40.6 Å². The molecule has 1 unspecified atom stereocenters. The highest BCUT2D eigenvalue weighted by atomic mass is 35.5. The maximum absolute atomic E-state index is 14.2. The van der Waals surface area contributed by atoms with Crippen molar-refractivity contribution in [3.8, 4) is 21.2 Å². The van der Waals surface area contributed by atoms with Gasteiger partial charge in [0.2, 0.25) is 17.7 Å². The lowest BCUT2D eigenvalue weighted by atomic mass is 9.85. The highest BCUT2D eigenvalue weighted by molar-refractivity contribution is 7.15. The summed E-state index contributed by atoms with van der Waals surface area (Å²) in [7, 11) is 0. The SMILES string of the molecule is Cc1ncsc1-c1ccc(CNC(=O)[C@@H]2C[C@@H](O)CN2C(=O)[C@@H](NC(=O)Cc2cccc(OCCCNC(O)C[C@@H]3N=C(c4ccc(Cl)cc4)c4c(sc(C)c4C)-n4c(C)nnc43)c2)C(C)(C)C)cc1. The van der Waals surface area contributed by atoms with E-state index in [2.05, 4.69) is 49.5 Å². The summed E-state index contributed by atoms with van der Waals surface area (Å²) in [5.74, 6) is 0.829. The first-order chi connectivity index (χ1) is 33.4. The molecule has 0 saturated carbocycles. The van der Waals surface area contributed by atoms with Crippen LogP contribution in [0.5, 0.6) is 5.75 Å². The maximum Gasteiger partial charge on any atom is 0.246 e. The summed E-state index contributed by atoms with van der Waals surface area (Å²) < 4.78 is 8.13. The number of nitrogens with one attached hydrogen (secondary N) is 3. The number of fused-ring (bicyclic) bond motifs is 3. The summed E-state index contributed by atoms with van der Waals surface area (Å²) in [4.78, 5) is 54.6. The fraction of sp³-hybridized carbons (Fsp3) is 0.404. The predicted octanol–water partition coefficient (Wildman–Crippen LogP) is 7.35. The Morgan fingerprint density at radius 3 is 2.43 bits per heavy atom.